The Morgan fingerprint density at radius 2 is 2.06 bits per heavy atom. The molecule has 2 aromatic rings. The quantitative estimate of drug-likeness (QED) is 0.846. The predicted octanol–water partition coefficient (Wildman–Crippen LogP) is 1.49. The molecule has 1 aromatic carbocycles. The Morgan fingerprint density at radius 1 is 1.28 bits per heavy atom. The first-order chi connectivity index (χ1) is 8.81. The summed E-state index contributed by atoms with van der Waals surface area (Å²) in [7, 11) is 0. The summed E-state index contributed by atoms with van der Waals surface area (Å²) in [6, 6.07) is 12.9. The van der Waals surface area contributed by atoms with Crippen LogP contribution >= 0.6 is 0 Å². The number of aliphatic hydroxyl groups is 1. The summed E-state index contributed by atoms with van der Waals surface area (Å²) in [5.74, 6) is 0.384. The minimum absolute atomic E-state index is 0.275. The van der Waals surface area contributed by atoms with Gasteiger partial charge in [-0.3, -0.25) is 0 Å². The van der Waals surface area contributed by atoms with Crippen LogP contribution in [-0.4, -0.2) is 21.8 Å². The maximum Gasteiger partial charge on any atom is 0.166 e. The van der Waals surface area contributed by atoms with Gasteiger partial charge in [-0.05, 0) is 11.6 Å². The van der Waals surface area contributed by atoms with E-state index in [4.69, 9.17) is 5.26 Å². The van der Waals surface area contributed by atoms with Crippen LogP contribution in [0.2, 0.25) is 0 Å². The second-order valence-electron chi connectivity index (χ2n) is 3.71. The molecule has 0 aliphatic rings. The average molecular weight is 240 g/mol. The van der Waals surface area contributed by atoms with E-state index in [0.717, 1.165) is 5.56 Å². The summed E-state index contributed by atoms with van der Waals surface area (Å²) in [6.07, 6.45) is 0.803. The molecular weight excluding hydrogens is 228 g/mol. The first-order valence-electron chi connectivity index (χ1n) is 5.50. The Kier molecular flexibility index (Phi) is 3.84. The van der Waals surface area contributed by atoms with Gasteiger partial charge in [-0.25, -0.2) is 0 Å². The zero-order valence-electron chi connectivity index (χ0n) is 9.61. The van der Waals surface area contributed by atoms with Crippen LogP contribution in [0, 0.1) is 11.3 Å². The smallest absolute Gasteiger partial charge is 0.166 e. The van der Waals surface area contributed by atoms with Crippen LogP contribution in [0.4, 0.5) is 5.82 Å². The van der Waals surface area contributed by atoms with Crippen LogP contribution in [-0.2, 0) is 0 Å². The fourth-order valence-corrected chi connectivity index (χ4v) is 1.54. The molecule has 18 heavy (non-hydrogen) atoms. The summed E-state index contributed by atoms with van der Waals surface area (Å²) < 4.78 is 0. The van der Waals surface area contributed by atoms with Crippen molar-refractivity contribution in [2.45, 2.75) is 6.10 Å². The van der Waals surface area contributed by atoms with E-state index in [1.165, 1.54) is 6.20 Å². The van der Waals surface area contributed by atoms with Gasteiger partial charge in [-0.15, -0.1) is 5.10 Å². The third-order valence-electron chi connectivity index (χ3n) is 2.49. The van der Waals surface area contributed by atoms with Crippen molar-refractivity contribution in [2.24, 2.45) is 0 Å². The van der Waals surface area contributed by atoms with Crippen LogP contribution < -0.4 is 5.32 Å². The highest BCUT2D eigenvalue weighted by Crippen LogP contribution is 2.14. The number of nitrogens with one attached hydrogen (secondary N) is 1. The van der Waals surface area contributed by atoms with Gasteiger partial charge in [-0.1, -0.05) is 30.3 Å². The lowest BCUT2D eigenvalue weighted by Crippen LogP contribution is -2.14. The summed E-state index contributed by atoms with van der Waals surface area (Å²) in [4.78, 5) is 0. The SMILES string of the molecule is N#Cc1ccnnc1NCC(O)c1ccccc1. The van der Waals surface area contributed by atoms with Crippen molar-refractivity contribution in [1.29, 1.82) is 5.26 Å². The van der Waals surface area contributed by atoms with Crippen LogP contribution in [0.15, 0.2) is 42.6 Å². The van der Waals surface area contributed by atoms with E-state index in [1.54, 1.807) is 6.07 Å². The first-order valence-corrected chi connectivity index (χ1v) is 5.50. The Balaban J connectivity index is 2.02. The number of aliphatic hydroxyl groups excluding tert-OH is 1. The van der Waals surface area contributed by atoms with Crippen molar-refractivity contribution in [1.82, 2.24) is 10.2 Å². The molecule has 0 aliphatic heterocycles. The van der Waals surface area contributed by atoms with Gasteiger partial charge in [0, 0.05) is 6.54 Å². The standard InChI is InChI=1S/C13H12N4O/c14-8-11-6-7-16-17-13(11)15-9-12(18)10-4-2-1-3-5-10/h1-7,12,18H,9H2,(H,15,17). The van der Waals surface area contributed by atoms with E-state index in [0.29, 0.717) is 11.4 Å². The lowest BCUT2D eigenvalue weighted by atomic mass is 10.1. The number of nitrogens with zero attached hydrogens (tertiary/aromatic N) is 3. The molecule has 0 saturated heterocycles. The molecule has 2 rings (SSSR count). The molecule has 1 aromatic heterocycles. The van der Waals surface area contributed by atoms with Crippen molar-refractivity contribution in [3.05, 3.63) is 53.7 Å². The monoisotopic (exact) mass is 240 g/mol. The van der Waals surface area contributed by atoms with Gasteiger partial charge in [0.2, 0.25) is 0 Å². The summed E-state index contributed by atoms with van der Waals surface area (Å²) in [6.45, 7) is 0.275. The maximum atomic E-state index is 9.95. The molecule has 0 saturated carbocycles. The van der Waals surface area contributed by atoms with Crippen molar-refractivity contribution in [3.63, 3.8) is 0 Å². The van der Waals surface area contributed by atoms with Crippen molar-refractivity contribution >= 4 is 5.82 Å². The Labute approximate surface area is 105 Å². The van der Waals surface area contributed by atoms with Gasteiger partial charge < -0.3 is 10.4 Å². The fraction of sp³-hybridized carbons (Fsp3) is 0.154. The van der Waals surface area contributed by atoms with Crippen LogP contribution in [0.3, 0.4) is 0 Å². The number of anilines is 1. The van der Waals surface area contributed by atoms with Gasteiger partial charge >= 0.3 is 0 Å². The number of aromatic nitrogens is 2. The first kappa shape index (κ1) is 12.0. The molecule has 0 radical (unpaired) electrons. The van der Waals surface area contributed by atoms with Crippen molar-refractivity contribution < 1.29 is 5.11 Å². The fourth-order valence-electron chi connectivity index (χ4n) is 1.54. The molecule has 2 N–H and O–H groups in total. The van der Waals surface area contributed by atoms with E-state index < -0.39 is 6.10 Å². The third-order valence-corrected chi connectivity index (χ3v) is 2.49. The second-order valence-corrected chi connectivity index (χ2v) is 3.71. The summed E-state index contributed by atoms with van der Waals surface area (Å²) >= 11 is 0. The van der Waals surface area contributed by atoms with Crippen LogP contribution in [0.5, 0.6) is 0 Å². The summed E-state index contributed by atoms with van der Waals surface area (Å²) in [5.41, 5.74) is 1.22. The van der Waals surface area contributed by atoms with E-state index >= 15 is 0 Å². The average Bonchev–Trinajstić information content (AvgIpc) is 2.46. The highest BCUT2D eigenvalue weighted by Gasteiger charge is 2.08. The molecule has 90 valence electrons. The van der Waals surface area contributed by atoms with Gasteiger partial charge in [0.1, 0.15) is 6.07 Å². The number of benzene rings is 1. The normalized spacial score (nSPS) is 11.6. The molecule has 5 heteroatoms. The minimum atomic E-state index is -0.653. The topological polar surface area (TPSA) is 81.8 Å². The highest BCUT2D eigenvalue weighted by atomic mass is 16.3. The molecule has 1 heterocycles. The van der Waals surface area contributed by atoms with Crippen LogP contribution in [0.1, 0.15) is 17.2 Å². The van der Waals surface area contributed by atoms with Gasteiger partial charge in [0.25, 0.3) is 0 Å². The van der Waals surface area contributed by atoms with E-state index in [1.807, 2.05) is 36.4 Å². The largest absolute Gasteiger partial charge is 0.387 e. The van der Waals surface area contributed by atoms with Crippen molar-refractivity contribution in [3.8, 4) is 6.07 Å². The highest BCUT2D eigenvalue weighted by molar-refractivity contribution is 5.50. The van der Waals surface area contributed by atoms with E-state index in [9.17, 15) is 5.11 Å². The van der Waals surface area contributed by atoms with E-state index in [2.05, 4.69) is 15.5 Å². The van der Waals surface area contributed by atoms with Gasteiger partial charge in [0.15, 0.2) is 5.82 Å². The Morgan fingerprint density at radius 3 is 2.78 bits per heavy atom. The number of rotatable bonds is 4. The van der Waals surface area contributed by atoms with Gasteiger partial charge in [0.05, 0.1) is 17.9 Å². The molecule has 0 spiro atoms. The number of hydrogen-bond donors (Lipinski definition) is 2. The van der Waals surface area contributed by atoms with Gasteiger partial charge in [-0.2, -0.15) is 10.4 Å². The molecule has 0 bridgehead atoms. The molecule has 1 unspecified atom stereocenters. The minimum Gasteiger partial charge on any atom is -0.387 e. The third kappa shape index (κ3) is 2.81. The number of nitriles is 1. The molecule has 0 fully saturated rings. The lowest BCUT2D eigenvalue weighted by molar-refractivity contribution is 0.191. The predicted molar refractivity (Wildman–Crippen MR) is 66.6 cm³/mol. The Bertz CT molecular complexity index is 550. The molecule has 1 atom stereocenters. The lowest BCUT2D eigenvalue weighted by Gasteiger charge is -2.12. The zero-order chi connectivity index (χ0) is 12.8. The maximum absolute atomic E-state index is 9.95. The second kappa shape index (κ2) is 5.75. The molecule has 0 aliphatic carbocycles. The van der Waals surface area contributed by atoms with Crippen molar-refractivity contribution in [2.75, 3.05) is 11.9 Å². The molecule has 5 nitrogen and oxygen atoms in total. The number of hydrogen-bond acceptors (Lipinski definition) is 5. The molecular formula is C13H12N4O. The Hall–Kier alpha value is -2.45. The summed E-state index contributed by atoms with van der Waals surface area (Å²) in [5, 5.41) is 29.3. The molecule has 0 amide bonds. The van der Waals surface area contributed by atoms with Crippen LogP contribution in [0.25, 0.3) is 0 Å². The van der Waals surface area contributed by atoms with E-state index in [-0.39, 0.29) is 6.54 Å². The zero-order valence-corrected chi connectivity index (χ0v) is 9.61.